The fraction of sp³-hybridized carbons (Fsp3) is 0.727. The van der Waals surface area contributed by atoms with Gasteiger partial charge in [-0.2, -0.15) is 0 Å². The average Bonchev–Trinajstić information content (AvgIpc) is 2.63. The zero-order valence-corrected chi connectivity index (χ0v) is 10.7. The van der Waals surface area contributed by atoms with Crippen molar-refractivity contribution in [2.24, 2.45) is 11.1 Å². The molecule has 0 bridgehead atoms. The summed E-state index contributed by atoms with van der Waals surface area (Å²) in [4.78, 5) is 4.13. The monoisotopic (exact) mass is 228 g/mol. The number of nitrogens with zero attached hydrogens (tertiary/aromatic N) is 1. The van der Waals surface area contributed by atoms with Gasteiger partial charge in [0.05, 0.1) is 6.20 Å². The van der Waals surface area contributed by atoms with Crippen LogP contribution in [0.25, 0.3) is 0 Å². The van der Waals surface area contributed by atoms with Crippen LogP contribution in [0, 0.1) is 5.41 Å². The van der Waals surface area contributed by atoms with Crippen LogP contribution >= 0.6 is 11.8 Å². The molecule has 86 valence electrons. The summed E-state index contributed by atoms with van der Waals surface area (Å²) >= 11 is 1.63. The molecule has 0 amide bonds. The summed E-state index contributed by atoms with van der Waals surface area (Å²) in [6.45, 7) is 8.70. The van der Waals surface area contributed by atoms with Gasteiger partial charge in [0, 0.05) is 11.3 Å². The van der Waals surface area contributed by atoms with E-state index in [0.29, 0.717) is 10.5 Å². The van der Waals surface area contributed by atoms with E-state index in [1.807, 2.05) is 0 Å². The van der Waals surface area contributed by atoms with Crippen LogP contribution in [0.2, 0.25) is 0 Å². The van der Waals surface area contributed by atoms with Crippen LogP contribution in [0.3, 0.4) is 0 Å². The number of hydrogen-bond donors (Lipinski definition) is 1. The van der Waals surface area contributed by atoms with E-state index in [4.69, 9.17) is 10.2 Å². The quantitative estimate of drug-likeness (QED) is 0.805. The minimum absolute atomic E-state index is 0.147. The summed E-state index contributed by atoms with van der Waals surface area (Å²) in [6, 6.07) is 0.168. The van der Waals surface area contributed by atoms with Crippen molar-refractivity contribution in [3.05, 3.63) is 12.5 Å². The standard InChI is InChI=1S/C11H20N2OS/c1-5-8(12)9(11(2,3)4)15-10-13-6-7-14-10/h6-9H,5,12H2,1-4H3. The van der Waals surface area contributed by atoms with Gasteiger partial charge in [0.15, 0.2) is 0 Å². The molecule has 15 heavy (non-hydrogen) atoms. The molecule has 0 aliphatic heterocycles. The number of thioether (sulfide) groups is 1. The van der Waals surface area contributed by atoms with Crippen LogP contribution in [0.4, 0.5) is 0 Å². The van der Waals surface area contributed by atoms with Gasteiger partial charge in [-0.05, 0) is 11.8 Å². The van der Waals surface area contributed by atoms with Gasteiger partial charge in [-0.1, -0.05) is 39.5 Å². The van der Waals surface area contributed by atoms with Crippen LogP contribution in [0.5, 0.6) is 0 Å². The van der Waals surface area contributed by atoms with Crippen molar-refractivity contribution in [1.82, 2.24) is 4.98 Å². The summed E-state index contributed by atoms with van der Waals surface area (Å²) in [6.07, 6.45) is 4.23. The van der Waals surface area contributed by atoms with E-state index >= 15 is 0 Å². The Labute approximate surface area is 95.8 Å². The molecular weight excluding hydrogens is 208 g/mol. The Morgan fingerprint density at radius 2 is 2.20 bits per heavy atom. The van der Waals surface area contributed by atoms with E-state index in [-0.39, 0.29) is 11.5 Å². The number of hydrogen-bond acceptors (Lipinski definition) is 4. The topological polar surface area (TPSA) is 52.0 Å². The molecule has 0 aromatic carbocycles. The summed E-state index contributed by atoms with van der Waals surface area (Å²) in [5.74, 6) is 0. The molecule has 0 saturated heterocycles. The lowest BCUT2D eigenvalue weighted by Crippen LogP contribution is -2.40. The molecule has 3 nitrogen and oxygen atoms in total. The molecule has 1 heterocycles. The maximum absolute atomic E-state index is 6.13. The molecule has 1 aromatic heterocycles. The van der Waals surface area contributed by atoms with Gasteiger partial charge in [-0.3, -0.25) is 0 Å². The Kier molecular flexibility index (Phi) is 4.22. The third kappa shape index (κ3) is 3.54. The molecule has 0 fully saturated rings. The zero-order chi connectivity index (χ0) is 11.5. The Morgan fingerprint density at radius 1 is 1.53 bits per heavy atom. The minimum Gasteiger partial charge on any atom is -0.440 e. The Morgan fingerprint density at radius 3 is 2.60 bits per heavy atom. The van der Waals surface area contributed by atoms with Gasteiger partial charge in [-0.25, -0.2) is 4.98 Å². The number of aromatic nitrogens is 1. The smallest absolute Gasteiger partial charge is 0.255 e. The highest BCUT2D eigenvalue weighted by molar-refractivity contribution is 7.99. The maximum Gasteiger partial charge on any atom is 0.255 e. The molecule has 0 aliphatic rings. The van der Waals surface area contributed by atoms with E-state index in [9.17, 15) is 0 Å². The van der Waals surface area contributed by atoms with Crippen molar-refractivity contribution in [2.75, 3.05) is 0 Å². The molecule has 0 aliphatic carbocycles. The Balaban J connectivity index is 2.74. The number of rotatable bonds is 4. The van der Waals surface area contributed by atoms with Crippen molar-refractivity contribution in [3.8, 4) is 0 Å². The predicted molar refractivity (Wildman–Crippen MR) is 63.9 cm³/mol. The fourth-order valence-electron chi connectivity index (χ4n) is 1.50. The van der Waals surface area contributed by atoms with Crippen LogP contribution in [0.15, 0.2) is 22.1 Å². The second-order valence-corrected chi connectivity index (χ2v) is 5.87. The summed E-state index contributed by atoms with van der Waals surface area (Å²) in [7, 11) is 0. The molecule has 4 heteroatoms. The first-order chi connectivity index (χ1) is 6.95. The van der Waals surface area contributed by atoms with Crippen LogP contribution in [-0.4, -0.2) is 16.3 Å². The molecule has 2 atom stereocenters. The molecule has 0 radical (unpaired) electrons. The van der Waals surface area contributed by atoms with E-state index in [1.165, 1.54) is 0 Å². The second kappa shape index (κ2) is 5.03. The molecular formula is C11H20N2OS. The van der Waals surface area contributed by atoms with Crippen LogP contribution in [0.1, 0.15) is 34.1 Å². The normalized spacial score (nSPS) is 16.3. The number of nitrogens with two attached hydrogens (primary N) is 1. The first-order valence-electron chi connectivity index (χ1n) is 5.27. The molecule has 0 spiro atoms. The zero-order valence-electron chi connectivity index (χ0n) is 9.86. The van der Waals surface area contributed by atoms with E-state index in [0.717, 1.165) is 6.42 Å². The van der Waals surface area contributed by atoms with Crippen LogP contribution in [-0.2, 0) is 0 Å². The molecule has 1 aromatic rings. The van der Waals surface area contributed by atoms with Gasteiger partial charge in [0.2, 0.25) is 0 Å². The SMILES string of the molecule is CCC(N)C(Sc1ncco1)C(C)(C)C. The Hall–Kier alpha value is -0.480. The van der Waals surface area contributed by atoms with Gasteiger partial charge < -0.3 is 10.2 Å². The highest BCUT2D eigenvalue weighted by atomic mass is 32.2. The summed E-state index contributed by atoms with van der Waals surface area (Å²) < 4.78 is 5.25. The van der Waals surface area contributed by atoms with Gasteiger partial charge in [-0.15, -0.1) is 0 Å². The predicted octanol–water partition coefficient (Wildman–Crippen LogP) is 2.92. The molecule has 0 saturated carbocycles. The Bertz CT molecular complexity index is 279. The van der Waals surface area contributed by atoms with E-state index < -0.39 is 0 Å². The summed E-state index contributed by atoms with van der Waals surface area (Å²) in [5.41, 5.74) is 6.28. The fourth-order valence-corrected chi connectivity index (χ4v) is 2.67. The highest BCUT2D eigenvalue weighted by Gasteiger charge is 2.31. The van der Waals surface area contributed by atoms with Crippen molar-refractivity contribution >= 4 is 11.8 Å². The van der Waals surface area contributed by atoms with E-state index in [1.54, 1.807) is 24.2 Å². The first kappa shape index (κ1) is 12.6. The number of oxazole rings is 1. The molecule has 2 unspecified atom stereocenters. The van der Waals surface area contributed by atoms with Crippen molar-refractivity contribution in [2.45, 2.75) is 50.6 Å². The van der Waals surface area contributed by atoms with E-state index in [2.05, 4.69) is 32.7 Å². The highest BCUT2D eigenvalue weighted by Crippen LogP contribution is 2.36. The summed E-state index contributed by atoms with van der Waals surface area (Å²) in [5, 5.41) is 1.03. The lowest BCUT2D eigenvalue weighted by atomic mass is 9.87. The van der Waals surface area contributed by atoms with Crippen molar-refractivity contribution in [1.29, 1.82) is 0 Å². The minimum atomic E-state index is 0.147. The third-order valence-electron chi connectivity index (χ3n) is 2.35. The largest absolute Gasteiger partial charge is 0.440 e. The second-order valence-electron chi connectivity index (χ2n) is 4.77. The maximum atomic E-state index is 6.13. The van der Waals surface area contributed by atoms with Crippen molar-refractivity contribution in [3.63, 3.8) is 0 Å². The van der Waals surface area contributed by atoms with Crippen molar-refractivity contribution < 1.29 is 4.42 Å². The molecule has 1 rings (SSSR count). The van der Waals surface area contributed by atoms with Gasteiger partial charge in [0.1, 0.15) is 6.26 Å². The first-order valence-corrected chi connectivity index (χ1v) is 6.15. The lowest BCUT2D eigenvalue weighted by Gasteiger charge is -2.33. The molecule has 2 N–H and O–H groups in total. The average molecular weight is 228 g/mol. The lowest BCUT2D eigenvalue weighted by molar-refractivity contribution is 0.345. The van der Waals surface area contributed by atoms with Crippen LogP contribution < -0.4 is 5.73 Å². The van der Waals surface area contributed by atoms with Gasteiger partial charge >= 0.3 is 0 Å². The van der Waals surface area contributed by atoms with Gasteiger partial charge in [0.25, 0.3) is 5.22 Å². The third-order valence-corrected chi connectivity index (χ3v) is 4.07.